The predicted molar refractivity (Wildman–Crippen MR) is 71.5 cm³/mol. The van der Waals surface area contributed by atoms with Crippen molar-refractivity contribution in [2.75, 3.05) is 5.32 Å². The molecular formula is C14H13FN4. The Balaban J connectivity index is 1.88. The quantitative estimate of drug-likeness (QED) is 0.783. The lowest BCUT2D eigenvalue weighted by Crippen LogP contribution is -2.04. The molecule has 0 radical (unpaired) electrons. The number of fused-ring (bicyclic) bond motifs is 1. The smallest absolute Gasteiger partial charge is 0.152 e. The number of aryl methyl sites for hydroxylation is 1. The van der Waals surface area contributed by atoms with Crippen molar-refractivity contribution in [1.82, 2.24) is 14.6 Å². The van der Waals surface area contributed by atoms with Crippen molar-refractivity contribution in [3.8, 4) is 0 Å². The summed E-state index contributed by atoms with van der Waals surface area (Å²) in [6.45, 7) is 2.32. The van der Waals surface area contributed by atoms with Crippen LogP contribution in [0.4, 0.5) is 10.2 Å². The fourth-order valence-corrected chi connectivity index (χ4v) is 2.00. The lowest BCUT2D eigenvalue weighted by molar-refractivity contribution is 0.613. The first-order valence-corrected chi connectivity index (χ1v) is 6.02. The van der Waals surface area contributed by atoms with Gasteiger partial charge < -0.3 is 5.32 Å². The number of hydrogen-bond acceptors (Lipinski definition) is 3. The number of benzene rings is 1. The summed E-state index contributed by atoms with van der Waals surface area (Å²) in [5.41, 5.74) is 2.42. The van der Waals surface area contributed by atoms with E-state index in [-0.39, 0.29) is 5.82 Å². The van der Waals surface area contributed by atoms with Gasteiger partial charge in [-0.2, -0.15) is 5.10 Å². The molecule has 0 aliphatic heterocycles. The Bertz CT molecular complexity index is 720. The van der Waals surface area contributed by atoms with E-state index in [1.807, 2.05) is 19.1 Å². The van der Waals surface area contributed by atoms with Crippen molar-refractivity contribution < 1.29 is 4.39 Å². The summed E-state index contributed by atoms with van der Waals surface area (Å²) in [6.07, 6.45) is 3.46. The molecule has 1 aromatic carbocycles. The van der Waals surface area contributed by atoms with Gasteiger partial charge in [0.05, 0.1) is 5.69 Å². The van der Waals surface area contributed by atoms with Crippen LogP contribution in [0.3, 0.4) is 0 Å². The third kappa shape index (κ3) is 2.27. The Morgan fingerprint density at radius 2 is 2.16 bits per heavy atom. The van der Waals surface area contributed by atoms with Gasteiger partial charge in [-0.25, -0.2) is 13.9 Å². The number of nitrogens with zero attached hydrogens (tertiary/aromatic N) is 3. The molecule has 0 aliphatic carbocycles. The Kier molecular flexibility index (Phi) is 2.87. The fourth-order valence-electron chi connectivity index (χ4n) is 2.00. The zero-order valence-electron chi connectivity index (χ0n) is 10.5. The van der Waals surface area contributed by atoms with Crippen molar-refractivity contribution in [2.24, 2.45) is 0 Å². The van der Waals surface area contributed by atoms with Crippen LogP contribution in [0.25, 0.3) is 5.52 Å². The molecule has 1 N–H and O–H groups in total. The van der Waals surface area contributed by atoms with E-state index in [9.17, 15) is 4.39 Å². The van der Waals surface area contributed by atoms with Crippen molar-refractivity contribution in [1.29, 1.82) is 0 Å². The van der Waals surface area contributed by atoms with Crippen LogP contribution in [-0.2, 0) is 6.54 Å². The number of anilines is 1. The van der Waals surface area contributed by atoms with Crippen LogP contribution >= 0.6 is 0 Å². The van der Waals surface area contributed by atoms with Gasteiger partial charge in [0.15, 0.2) is 5.82 Å². The summed E-state index contributed by atoms with van der Waals surface area (Å²) in [6, 6.07) is 8.64. The number of rotatable bonds is 3. The molecule has 2 aromatic heterocycles. The molecule has 0 unspecified atom stereocenters. The van der Waals surface area contributed by atoms with Gasteiger partial charge in [0.1, 0.15) is 11.3 Å². The molecule has 96 valence electrons. The van der Waals surface area contributed by atoms with Crippen LogP contribution in [-0.4, -0.2) is 14.6 Å². The largest absolute Gasteiger partial charge is 0.364 e. The zero-order valence-corrected chi connectivity index (χ0v) is 10.5. The predicted octanol–water partition coefficient (Wildman–Crippen LogP) is 2.79. The van der Waals surface area contributed by atoms with Crippen molar-refractivity contribution >= 4 is 11.3 Å². The van der Waals surface area contributed by atoms with Gasteiger partial charge in [-0.05, 0) is 19.1 Å². The van der Waals surface area contributed by atoms with Gasteiger partial charge >= 0.3 is 0 Å². The highest BCUT2D eigenvalue weighted by Crippen LogP contribution is 2.16. The molecule has 4 nitrogen and oxygen atoms in total. The first kappa shape index (κ1) is 11.6. The molecule has 0 bridgehead atoms. The molecule has 0 amide bonds. The third-order valence-corrected chi connectivity index (χ3v) is 2.92. The maximum absolute atomic E-state index is 13.5. The highest BCUT2D eigenvalue weighted by atomic mass is 19.1. The van der Waals surface area contributed by atoms with Gasteiger partial charge in [0.2, 0.25) is 0 Å². The van der Waals surface area contributed by atoms with E-state index in [1.165, 1.54) is 6.07 Å². The zero-order chi connectivity index (χ0) is 13.2. The van der Waals surface area contributed by atoms with E-state index in [4.69, 9.17) is 0 Å². The standard InChI is InChI=1S/C14H13FN4/c1-10-8-13-14(16-6-7-19(13)18-10)17-9-11-4-2-3-5-12(11)15/h2-8H,9H2,1H3,(H,16,17). The summed E-state index contributed by atoms with van der Waals surface area (Å²) in [5, 5.41) is 7.46. The van der Waals surface area contributed by atoms with E-state index in [0.29, 0.717) is 17.9 Å². The Hall–Kier alpha value is -2.43. The Morgan fingerprint density at radius 3 is 3.00 bits per heavy atom. The molecule has 0 saturated heterocycles. The minimum absolute atomic E-state index is 0.216. The second-order valence-electron chi connectivity index (χ2n) is 4.34. The van der Waals surface area contributed by atoms with Gasteiger partial charge in [0.25, 0.3) is 0 Å². The van der Waals surface area contributed by atoms with Gasteiger partial charge in [-0.3, -0.25) is 0 Å². The van der Waals surface area contributed by atoms with Crippen LogP contribution in [0.1, 0.15) is 11.3 Å². The summed E-state index contributed by atoms with van der Waals surface area (Å²) >= 11 is 0. The summed E-state index contributed by atoms with van der Waals surface area (Å²) < 4.78 is 15.3. The summed E-state index contributed by atoms with van der Waals surface area (Å²) in [7, 11) is 0. The maximum atomic E-state index is 13.5. The minimum Gasteiger partial charge on any atom is -0.364 e. The van der Waals surface area contributed by atoms with Crippen LogP contribution in [0, 0.1) is 12.7 Å². The SMILES string of the molecule is Cc1cc2c(NCc3ccccc3F)nccn2n1. The molecule has 19 heavy (non-hydrogen) atoms. The number of aromatic nitrogens is 3. The second-order valence-corrected chi connectivity index (χ2v) is 4.34. The lowest BCUT2D eigenvalue weighted by atomic mass is 10.2. The van der Waals surface area contributed by atoms with Crippen LogP contribution < -0.4 is 5.32 Å². The monoisotopic (exact) mass is 256 g/mol. The van der Waals surface area contributed by atoms with Crippen LogP contribution in [0.5, 0.6) is 0 Å². The second kappa shape index (κ2) is 4.68. The normalized spacial score (nSPS) is 10.8. The fraction of sp³-hybridized carbons (Fsp3) is 0.143. The molecule has 0 aliphatic rings. The van der Waals surface area contributed by atoms with Crippen molar-refractivity contribution in [3.63, 3.8) is 0 Å². The highest BCUT2D eigenvalue weighted by Gasteiger charge is 2.06. The van der Waals surface area contributed by atoms with Crippen LogP contribution in [0.2, 0.25) is 0 Å². The van der Waals surface area contributed by atoms with E-state index >= 15 is 0 Å². The highest BCUT2D eigenvalue weighted by molar-refractivity contribution is 5.67. The van der Waals surface area contributed by atoms with Gasteiger partial charge in [-0.1, -0.05) is 18.2 Å². The van der Waals surface area contributed by atoms with Crippen LogP contribution in [0.15, 0.2) is 42.7 Å². The van der Waals surface area contributed by atoms with E-state index in [0.717, 1.165) is 11.2 Å². The molecule has 0 spiro atoms. The molecule has 2 heterocycles. The molecule has 5 heteroatoms. The number of nitrogens with one attached hydrogen (secondary N) is 1. The molecule has 3 aromatic rings. The number of hydrogen-bond donors (Lipinski definition) is 1. The maximum Gasteiger partial charge on any atom is 0.152 e. The van der Waals surface area contributed by atoms with E-state index in [2.05, 4.69) is 15.4 Å². The van der Waals surface area contributed by atoms with Crippen molar-refractivity contribution in [3.05, 3.63) is 59.8 Å². The van der Waals surface area contributed by atoms with E-state index < -0.39 is 0 Å². The van der Waals surface area contributed by atoms with Crippen molar-refractivity contribution in [2.45, 2.75) is 13.5 Å². The molecule has 0 fully saturated rings. The van der Waals surface area contributed by atoms with Gasteiger partial charge in [-0.15, -0.1) is 0 Å². The minimum atomic E-state index is -0.216. The molecule has 0 atom stereocenters. The summed E-state index contributed by atoms with van der Waals surface area (Å²) in [4.78, 5) is 4.27. The first-order chi connectivity index (χ1) is 9.24. The number of halogens is 1. The van der Waals surface area contributed by atoms with Gasteiger partial charge in [0, 0.05) is 24.5 Å². The topological polar surface area (TPSA) is 42.2 Å². The lowest BCUT2D eigenvalue weighted by Gasteiger charge is -2.07. The third-order valence-electron chi connectivity index (χ3n) is 2.92. The molecule has 0 saturated carbocycles. The Morgan fingerprint density at radius 1 is 1.32 bits per heavy atom. The molecular weight excluding hydrogens is 243 g/mol. The van der Waals surface area contributed by atoms with E-state index in [1.54, 1.807) is 29.0 Å². The first-order valence-electron chi connectivity index (χ1n) is 6.02. The molecule has 3 rings (SSSR count). The average Bonchev–Trinajstić information content (AvgIpc) is 2.78. The Labute approximate surface area is 109 Å². The average molecular weight is 256 g/mol. The summed E-state index contributed by atoms with van der Waals surface area (Å²) in [5.74, 6) is 0.484.